The molecule has 1 aromatic carbocycles. The second-order valence-corrected chi connectivity index (χ2v) is 3.85. The smallest absolute Gasteiger partial charge is 0.550 e. The number of carboxylic acids is 1. The Balaban J connectivity index is 0.00000361. The van der Waals surface area contributed by atoms with Gasteiger partial charge in [-0.15, -0.1) is 0 Å². The number of rotatable bonds is 5. The van der Waals surface area contributed by atoms with Crippen molar-refractivity contribution in [2.75, 3.05) is 5.73 Å². The molecule has 0 aliphatic carbocycles. The van der Waals surface area contributed by atoms with Crippen LogP contribution in [0.25, 0.3) is 0 Å². The van der Waals surface area contributed by atoms with Crippen molar-refractivity contribution in [2.45, 2.75) is 18.9 Å². The fourth-order valence-electron chi connectivity index (χ4n) is 1.24. The van der Waals surface area contributed by atoms with E-state index in [1.807, 2.05) is 0 Å². The van der Waals surface area contributed by atoms with Gasteiger partial charge in [-0.2, -0.15) is 0 Å². The van der Waals surface area contributed by atoms with Crippen LogP contribution in [0.3, 0.4) is 0 Å². The minimum Gasteiger partial charge on any atom is -0.550 e. The standard InChI is InChI=1S/C12H14N2O5.Na/c13-8-3-1-7(2-4-8)11(17)19-12(18)9(14)5-6-10(15)16;/h1-4,9H,5-6,13-14H2,(H,15,16);/q;+1/p-1. The number of hydrogen-bond donors (Lipinski definition) is 2. The molecule has 0 aliphatic rings. The van der Waals surface area contributed by atoms with E-state index in [9.17, 15) is 19.5 Å². The third kappa shape index (κ3) is 6.16. The van der Waals surface area contributed by atoms with Gasteiger partial charge in [-0.3, -0.25) is 0 Å². The maximum Gasteiger partial charge on any atom is 1.00 e. The third-order valence-corrected chi connectivity index (χ3v) is 2.30. The number of aliphatic carboxylic acids is 1. The Morgan fingerprint density at radius 1 is 1.20 bits per heavy atom. The van der Waals surface area contributed by atoms with Gasteiger partial charge in [0.15, 0.2) is 0 Å². The van der Waals surface area contributed by atoms with Crippen LogP contribution < -0.4 is 46.1 Å². The molecule has 7 nitrogen and oxygen atoms in total. The van der Waals surface area contributed by atoms with Crippen molar-refractivity contribution in [3.63, 3.8) is 0 Å². The van der Waals surface area contributed by atoms with Crippen LogP contribution >= 0.6 is 0 Å². The van der Waals surface area contributed by atoms with Crippen LogP contribution in [0.4, 0.5) is 5.69 Å². The molecule has 0 radical (unpaired) electrons. The molecule has 1 atom stereocenters. The van der Waals surface area contributed by atoms with Gasteiger partial charge in [0.25, 0.3) is 0 Å². The fourth-order valence-corrected chi connectivity index (χ4v) is 1.24. The summed E-state index contributed by atoms with van der Waals surface area (Å²) in [5.74, 6) is -3.18. The summed E-state index contributed by atoms with van der Waals surface area (Å²) in [7, 11) is 0. The second-order valence-electron chi connectivity index (χ2n) is 3.85. The number of hydrogen-bond acceptors (Lipinski definition) is 7. The summed E-state index contributed by atoms with van der Waals surface area (Å²) in [6.07, 6.45) is -0.539. The average molecular weight is 288 g/mol. The largest absolute Gasteiger partial charge is 1.00 e. The van der Waals surface area contributed by atoms with E-state index in [-0.39, 0.29) is 48.0 Å². The summed E-state index contributed by atoms with van der Waals surface area (Å²) in [5.41, 5.74) is 11.4. The molecule has 0 fully saturated rings. The number of anilines is 1. The molecule has 0 saturated carbocycles. The first kappa shape index (κ1) is 18.6. The normalized spacial score (nSPS) is 11.1. The number of esters is 2. The van der Waals surface area contributed by atoms with E-state index in [0.29, 0.717) is 5.69 Å². The van der Waals surface area contributed by atoms with Gasteiger partial charge in [0, 0.05) is 11.7 Å². The molecule has 4 N–H and O–H groups in total. The van der Waals surface area contributed by atoms with Gasteiger partial charge in [0.2, 0.25) is 0 Å². The van der Waals surface area contributed by atoms with Crippen LogP contribution in [0.5, 0.6) is 0 Å². The molecule has 1 aromatic rings. The summed E-state index contributed by atoms with van der Waals surface area (Å²) in [6.45, 7) is 0. The number of carbonyl (C=O) groups is 3. The zero-order chi connectivity index (χ0) is 14.4. The predicted octanol–water partition coefficient (Wildman–Crippen LogP) is -4.19. The summed E-state index contributed by atoms with van der Waals surface area (Å²) < 4.78 is 4.51. The second kappa shape index (κ2) is 8.70. The number of benzene rings is 1. The summed E-state index contributed by atoms with van der Waals surface area (Å²) in [5, 5.41) is 10.2. The first-order valence-corrected chi connectivity index (χ1v) is 5.47. The number of carbonyl (C=O) groups excluding carboxylic acids is 3. The van der Waals surface area contributed by atoms with Crippen molar-refractivity contribution >= 4 is 23.6 Å². The molecule has 0 bridgehead atoms. The van der Waals surface area contributed by atoms with Crippen molar-refractivity contribution in [3.8, 4) is 0 Å². The maximum absolute atomic E-state index is 11.5. The van der Waals surface area contributed by atoms with Crippen molar-refractivity contribution in [3.05, 3.63) is 29.8 Å². The van der Waals surface area contributed by atoms with E-state index >= 15 is 0 Å². The van der Waals surface area contributed by atoms with Crippen LogP contribution in [-0.4, -0.2) is 23.9 Å². The van der Waals surface area contributed by atoms with Crippen molar-refractivity contribution in [2.24, 2.45) is 5.73 Å². The molecular weight excluding hydrogens is 275 g/mol. The van der Waals surface area contributed by atoms with Gasteiger partial charge in [0.05, 0.1) is 5.56 Å². The van der Waals surface area contributed by atoms with Gasteiger partial charge in [0.1, 0.15) is 6.04 Å². The molecular formula is C12H13N2NaO5. The van der Waals surface area contributed by atoms with E-state index in [2.05, 4.69) is 4.74 Å². The molecule has 0 aliphatic heterocycles. The van der Waals surface area contributed by atoms with E-state index in [4.69, 9.17) is 11.5 Å². The molecule has 1 unspecified atom stereocenters. The van der Waals surface area contributed by atoms with Gasteiger partial charge < -0.3 is 26.1 Å². The van der Waals surface area contributed by atoms with E-state index in [1.54, 1.807) is 0 Å². The van der Waals surface area contributed by atoms with Gasteiger partial charge in [-0.05, 0) is 37.1 Å². The van der Waals surface area contributed by atoms with E-state index < -0.39 is 23.9 Å². The monoisotopic (exact) mass is 288 g/mol. The van der Waals surface area contributed by atoms with Gasteiger partial charge in [-0.1, -0.05) is 0 Å². The molecule has 1 rings (SSSR count). The maximum atomic E-state index is 11.5. The van der Waals surface area contributed by atoms with Gasteiger partial charge >= 0.3 is 41.5 Å². The molecule has 20 heavy (non-hydrogen) atoms. The Hall–Kier alpha value is -1.41. The van der Waals surface area contributed by atoms with Crippen LogP contribution in [0, 0.1) is 0 Å². The van der Waals surface area contributed by atoms with Crippen LogP contribution in [0.2, 0.25) is 0 Å². The minimum absolute atomic E-state index is 0. The molecule has 0 spiro atoms. The number of ether oxygens (including phenoxy) is 1. The summed E-state index contributed by atoms with van der Waals surface area (Å²) >= 11 is 0. The van der Waals surface area contributed by atoms with Crippen molar-refractivity contribution in [1.82, 2.24) is 0 Å². The number of nitrogens with two attached hydrogens (primary N) is 2. The molecule has 102 valence electrons. The zero-order valence-electron chi connectivity index (χ0n) is 11.0. The molecule has 0 heterocycles. The Morgan fingerprint density at radius 3 is 2.25 bits per heavy atom. The van der Waals surface area contributed by atoms with Crippen molar-refractivity contribution in [1.29, 1.82) is 0 Å². The summed E-state index contributed by atoms with van der Waals surface area (Å²) in [6, 6.07) is 4.58. The Labute approximate surface area is 137 Å². The average Bonchev–Trinajstić information content (AvgIpc) is 2.36. The number of carboxylic acid groups (broad SMARTS) is 1. The van der Waals surface area contributed by atoms with E-state index in [0.717, 1.165) is 0 Å². The predicted molar refractivity (Wildman–Crippen MR) is 63.5 cm³/mol. The fraction of sp³-hybridized carbons (Fsp3) is 0.250. The summed E-state index contributed by atoms with van der Waals surface area (Å²) in [4.78, 5) is 33.1. The van der Waals surface area contributed by atoms with Crippen LogP contribution in [0.1, 0.15) is 23.2 Å². The quantitative estimate of drug-likeness (QED) is 0.243. The third-order valence-electron chi connectivity index (χ3n) is 2.30. The SMILES string of the molecule is Nc1ccc(C(=O)OC(=O)C(N)CCC(=O)[O-])cc1.[Na+]. The molecule has 0 aromatic heterocycles. The van der Waals surface area contributed by atoms with E-state index in [1.165, 1.54) is 24.3 Å². The van der Waals surface area contributed by atoms with Crippen LogP contribution in [0.15, 0.2) is 24.3 Å². The first-order valence-electron chi connectivity index (χ1n) is 5.47. The Bertz CT molecular complexity index is 489. The Kier molecular flexibility index (Phi) is 8.09. The molecule has 0 saturated heterocycles. The molecule has 0 amide bonds. The number of nitrogen functional groups attached to an aromatic ring is 1. The minimum atomic E-state index is -1.33. The topological polar surface area (TPSA) is 136 Å². The zero-order valence-corrected chi connectivity index (χ0v) is 13.0. The Morgan fingerprint density at radius 2 is 1.75 bits per heavy atom. The van der Waals surface area contributed by atoms with Gasteiger partial charge in [-0.25, -0.2) is 9.59 Å². The van der Waals surface area contributed by atoms with Crippen molar-refractivity contribution < 1.29 is 53.8 Å². The first-order chi connectivity index (χ1) is 8.90. The van der Waals surface area contributed by atoms with Crippen LogP contribution in [-0.2, 0) is 14.3 Å². The molecule has 8 heteroatoms.